The van der Waals surface area contributed by atoms with Crippen molar-refractivity contribution >= 4 is 28.1 Å². The fraction of sp³-hybridized carbons (Fsp3) is 0.286. The average molecular weight is 289 g/mol. The number of benzene rings is 1. The number of hydrogen-bond acceptors (Lipinski definition) is 5. The Morgan fingerprint density at radius 1 is 1.50 bits per heavy atom. The average Bonchev–Trinajstić information content (AvgIpc) is 3.19. The zero-order valence-corrected chi connectivity index (χ0v) is 11.9. The molecule has 1 fully saturated rings. The molecular weight excluding hydrogens is 274 g/mol. The SMILES string of the molecule is COc1ccc(N)cc1C(=O)Nc1nc(C2CC2)cs1. The van der Waals surface area contributed by atoms with Gasteiger partial charge in [0.05, 0.1) is 18.4 Å². The van der Waals surface area contributed by atoms with Gasteiger partial charge >= 0.3 is 0 Å². The molecule has 2 aromatic rings. The standard InChI is InChI=1S/C14H15N3O2S/c1-19-12-5-4-9(15)6-10(12)13(18)17-14-16-11(7-20-14)8-2-3-8/h4-8H,2-3,15H2,1H3,(H,16,17,18). The lowest BCUT2D eigenvalue weighted by Crippen LogP contribution is -2.13. The molecule has 0 saturated heterocycles. The van der Waals surface area contributed by atoms with Crippen LogP contribution < -0.4 is 15.8 Å². The van der Waals surface area contributed by atoms with Gasteiger partial charge in [0.25, 0.3) is 5.91 Å². The fourth-order valence-electron chi connectivity index (χ4n) is 1.98. The molecule has 1 heterocycles. The van der Waals surface area contributed by atoms with Crippen LogP contribution in [0.15, 0.2) is 23.6 Å². The molecule has 0 bridgehead atoms. The highest BCUT2D eigenvalue weighted by molar-refractivity contribution is 7.14. The van der Waals surface area contributed by atoms with Crippen molar-refractivity contribution in [3.8, 4) is 5.75 Å². The second-order valence-corrected chi connectivity index (χ2v) is 5.62. The topological polar surface area (TPSA) is 77.2 Å². The summed E-state index contributed by atoms with van der Waals surface area (Å²) in [5, 5.41) is 5.41. The molecule has 6 heteroatoms. The summed E-state index contributed by atoms with van der Waals surface area (Å²) in [4.78, 5) is 16.7. The molecule has 3 rings (SSSR count). The van der Waals surface area contributed by atoms with E-state index in [1.165, 1.54) is 31.3 Å². The van der Waals surface area contributed by atoms with Gasteiger partial charge in [-0.05, 0) is 31.0 Å². The lowest BCUT2D eigenvalue weighted by Gasteiger charge is -2.08. The molecule has 1 aliphatic rings. The van der Waals surface area contributed by atoms with Gasteiger partial charge in [0, 0.05) is 17.0 Å². The molecule has 1 aliphatic carbocycles. The number of hydrogen-bond donors (Lipinski definition) is 2. The molecule has 20 heavy (non-hydrogen) atoms. The van der Waals surface area contributed by atoms with Crippen LogP contribution in [0.3, 0.4) is 0 Å². The van der Waals surface area contributed by atoms with Gasteiger partial charge in [-0.15, -0.1) is 11.3 Å². The van der Waals surface area contributed by atoms with Crippen LogP contribution in [0.5, 0.6) is 5.75 Å². The van der Waals surface area contributed by atoms with Gasteiger partial charge in [-0.2, -0.15) is 0 Å². The van der Waals surface area contributed by atoms with Gasteiger partial charge in [0.15, 0.2) is 5.13 Å². The Kier molecular flexibility index (Phi) is 3.31. The molecule has 3 N–H and O–H groups in total. The van der Waals surface area contributed by atoms with E-state index in [9.17, 15) is 4.79 Å². The van der Waals surface area contributed by atoms with E-state index in [0.29, 0.717) is 28.0 Å². The number of nitrogen functional groups attached to an aromatic ring is 1. The molecule has 1 aromatic heterocycles. The van der Waals surface area contributed by atoms with Crippen LogP contribution >= 0.6 is 11.3 Å². The number of nitrogens with zero attached hydrogens (tertiary/aromatic N) is 1. The quantitative estimate of drug-likeness (QED) is 0.848. The minimum Gasteiger partial charge on any atom is -0.496 e. The summed E-state index contributed by atoms with van der Waals surface area (Å²) in [6, 6.07) is 4.98. The summed E-state index contributed by atoms with van der Waals surface area (Å²) in [6.07, 6.45) is 2.39. The van der Waals surface area contributed by atoms with Crippen molar-refractivity contribution < 1.29 is 9.53 Å². The number of carbonyl (C=O) groups is 1. The monoisotopic (exact) mass is 289 g/mol. The zero-order chi connectivity index (χ0) is 14.1. The Morgan fingerprint density at radius 3 is 3.00 bits per heavy atom. The Bertz CT molecular complexity index is 650. The van der Waals surface area contributed by atoms with Crippen LogP contribution in [0, 0.1) is 0 Å². The smallest absolute Gasteiger partial charge is 0.261 e. The molecule has 1 saturated carbocycles. The number of rotatable bonds is 4. The van der Waals surface area contributed by atoms with Gasteiger partial charge in [-0.1, -0.05) is 0 Å². The van der Waals surface area contributed by atoms with E-state index in [4.69, 9.17) is 10.5 Å². The molecular formula is C14H15N3O2S. The number of thiazole rings is 1. The van der Waals surface area contributed by atoms with Gasteiger partial charge in [-0.3, -0.25) is 10.1 Å². The fourth-order valence-corrected chi connectivity index (χ4v) is 2.76. The predicted molar refractivity (Wildman–Crippen MR) is 79.4 cm³/mol. The normalized spacial score (nSPS) is 14.1. The molecule has 1 amide bonds. The highest BCUT2D eigenvalue weighted by Gasteiger charge is 2.26. The lowest BCUT2D eigenvalue weighted by molar-refractivity contribution is 0.102. The second kappa shape index (κ2) is 5.13. The maximum absolute atomic E-state index is 12.3. The third-order valence-corrected chi connectivity index (χ3v) is 3.98. The number of carbonyl (C=O) groups excluding carboxylic acids is 1. The number of ether oxygens (including phenoxy) is 1. The van der Waals surface area contributed by atoms with Gasteiger partial charge in [0.1, 0.15) is 5.75 Å². The van der Waals surface area contributed by atoms with E-state index in [0.717, 1.165) is 5.69 Å². The van der Waals surface area contributed by atoms with Crippen LogP contribution in [0.1, 0.15) is 34.8 Å². The first-order chi connectivity index (χ1) is 9.67. The number of aromatic nitrogens is 1. The third kappa shape index (κ3) is 2.60. The summed E-state index contributed by atoms with van der Waals surface area (Å²) in [5.41, 5.74) is 7.73. The van der Waals surface area contributed by atoms with Crippen molar-refractivity contribution in [1.82, 2.24) is 4.98 Å². The molecule has 1 aromatic carbocycles. The molecule has 0 radical (unpaired) electrons. The highest BCUT2D eigenvalue weighted by Crippen LogP contribution is 2.41. The first-order valence-corrected chi connectivity index (χ1v) is 7.25. The third-order valence-electron chi connectivity index (χ3n) is 3.21. The lowest BCUT2D eigenvalue weighted by atomic mass is 10.1. The first-order valence-electron chi connectivity index (χ1n) is 6.37. The summed E-state index contributed by atoms with van der Waals surface area (Å²) in [7, 11) is 1.52. The van der Waals surface area contributed by atoms with E-state index in [1.54, 1.807) is 18.2 Å². The molecule has 104 valence electrons. The van der Waals surface area contributed by atoms with Gasteiger partial charge in [-0.25, -0.2) is 4.98 Å². The number of anilines is 2. The number of nitrogens with one attached hydrogen (secondary N) is 1. The second-order valence-electron chi connectivity index (χ2n) is 4.77. The van der Waals surface area contributed by atoms with E-state index in [-0.39, 0.29) is 5.91 Å². The van der Waals surface area contributed by atoms with Crippen LogP contribution in [-0.2, 0) is 0 Å². The van der Waals surface area contributed by atoms with Crippen molar-refractivity contribution in [2.24, 2.45) is 0 Å². The maximum Gasteiger partial charge on any atom is 0.261 e. The van der Waals surface area contributed by atoms with E-state index >= 15 is 0 Å². The Morgan fingerprint density at radius 2 is 2.30 bits per heavy atom. The molecule has 0 aliphatic heterocycles. The summed E-state index contributed by atoms with van der Waals surface area (Å²) in [5.74, 6) is 0.820. The van der Waals surface area contributed by atoms with Gasteiger partial charge in [0.2, 0.25) is 0 Å². The van der Waals surface area contributed by atoms with Crippen molar-refractivity contribution in [3.63, 3.8) is 0 Å². The largest absolute Gasteiger partial charge is 0.496 e. The van der Waals surface area contributed by atoms with Crippen LogP contribution in [0.25, 0.3) is 0 Å². The van der Waals surface area contributed by atoms with Crippen molar-refractivity contribution in [3.05, 3.63) is 34.8 Å². The molecule has 0 unspecified atom stereocenters. The maximum atomic E-state index is 12.3. The predicted octanol–water partition coefficient (Wildman–Crippen LogP) is 2.86. The van der Waals surface area contributed by atoms with Crippen LogP contribution in [0.4, 0.5) is 10.8 Å². The summed E-state index contributed by atoms with van der Waals surface area (Å²) in [6.45, 7) is 0. The van der Waals surface area contributed by atoms with Crippen molar-refractivity contribution in [2.45, 2.75) is 18.8 Å². The minimum atomic E-state index is -0.258. The van der Waals surface area contributed by atoms with E-state index < -0.39 is 0 Å². The molecule has 5 nitrogen and oxygen atoms in total. The van der Waals surface area contributed by atoms with Crippen LogP contribution in [0.2, 0.25) is 0 Å². The summed E-state index contributed by atoms with van der Waals surface area (Å²) < 4.78 is 5.18. The van der Waals surface area contributed by atoms with E-state index in [2.05, 4.69) is 10.3 Å². The van der Waals surface area contributed by atoms with Crippen molar-refractivity contribution in [1.29, 1.82) is 0 Å². The molecule has 0 atom stereocenters. The Hall–Kier alpha value is -2.08. The summed E-state index contributed by atoms with van der Waals surface area (Å²) >= 11 is 1.44. The zero-order valence-electron chi connectivity index (χ0n) is 11.1. The number of amides is 1. The number of methoxy groups -OCH3 is 1. The highest BCUT2D eigenvalue weighted by atomic mass is 32.1. The molecule has 0 spiro atoms. The van der Waals surface area contributed by atoms with Gasteiger partial charge < -0.3 is 10.5 Å². The van der Waals surface area contributed by atoms with Crippen LogP contribution in [-0.4, -0.2) is 18.0 Å². The number of nitrogens with two attached hydrogens (primary N) is 1. The first kappa shape index (κ1) is 12.9. The Labute approximate surface area is 120 Å². The Balaban J connectivity index is 1.79. The van der Waals surface area contributed by atoms with E-state index in [1.807, 2.05) is 5.38 Å². The van der Waals surface area contributed by atoms with Crippen molar-refractivity contribution in [2.75, 3.05) is 18.2 Å². The minimum absolute atomic E-state index is 0.258.